The Hall–Kier alpha value is -3.76. The summed E-state index contributed by atoms with van der Waals surface area (Å²) in [5, 5.41) is 14.1. The summed E-state index contributed by atoms with van der Waals surface area (Å²) in [7, 11) is -4.15. The summed E-state index contributed by atoms with van der Waals surface area (Å²) in [5.74, 6) is -0.522. The number of nitro benzene ring substituents is 1. The van der Waals surface area contributed by atoms with Crippen molar-refractivity contribution in [1.82, 2.24) is 10.2 Å². The maximum absolute atomic E-state index is 13.4. The molecule has 1 fully saturated rings. The Labute approximate surface area is 210 Å². The SMILES string of the molecule is O=C(CN(c1cccc([N+](=O)[O-])c1)S(=O)(=O)c1ccccc1)NCc1cccc(CN2CCCC2)c1. The molecule has 1 amide bonds. The summed E-state index contributed by atoms with van der Waals surface area (Å²) in [5.41, 5.74) is 1.84. The maximum atomic E-state index is 13.4. The van der Waals surface area contributed by atoms with Crippen molar-refractivity contribution in [2.45, 2.75) is 30.8 Å². The number of non-ortho nitro benzene ring substituents is 1. The lowest BCUT2D eigenvalue weighted by molar-refractivity contribution is -0.384. The van der Waals surface area contributed by atoms with Crippen molar-refractivity contribution in [3.8, 4) is 0 Å². The first-order valence-electron chi connectivity index (χ1n) is 11.7. The van der Waals surface area contributed by atoms with Gasteiger partial charge in [0, 0.05) is 25.2 Å². The molecule has 1 aliphatic heterocycles. The molecule has 0 radical (unpaired) electrons. The van der Waals surface area contributed by atoms with E-state index < -0.39 is 27.4 Å². The third kappa shape index (κ3) is 6.27. The van der Waals surface area contributed by atoms with Crippen LogP contribution in [0.4, 0.5) is 11.4 Å². The highest BCUT2D eigenvalue weighted by molar-refractivity contribution is 7.92. The molecule has 0 unspecified atom stereocenters. The van der Waals surface area contributed by atoms with E-state index >= 15 is 0 Å². The number of carbonyl (C=O) groups excluding carboxylic acids is 1. The van der Waals surface area contributed by atoms with Gasteiger partial charge in [-0.05, 0) is 55.3 Å². The topological polar surface area (TPSA) is 113 Å². The van der Waals surface area contributed by atoms with E-state index in [-0.39, 0.29) is 22.8 Å². The highest BCUT2D eigenvalue weighted by Crippen LogP contribution is 2.27. The predicted molar refractivity (Wildman–Crippen MR) is 137 cm³/mol. The number of benzene rings is 3. The van der Waals surface area contributed by atoms with Crippen molar-refractivity contribution >= 4 is 27.3 Å². The van der Waals surface area contributed by atoms with Crippen molar-refractivity contribution in [2.75, 3.05) is 23.9 Å². The first-order valence-corrected chi connectivity index (χ1v) is 13.2. The molecule has 10 heteroatoms. The minimum Gasteiger partial charge on any atom is -0.350 e. The second kappa shape index (κ2) is 11.3. The number of sulfonamides is 1. The molecule has 3 aromatic rings. The van der Waals surface area contributed by atoms with E-state index in [1.165, 1.54) is 43.2 Å². The number of carbonyl (C=O) groups is 1. The fourth-order valence-corrected chi connectivity index (χ4v) is 5.65. The average molecular weight is 509 g/mol. The molecule has 0 aliphatic carbocycles. The monoisotopic (exact) mass is 508 g/mol. The normalized spacial score (nSPS) is 13.9. The fourth-order valence-electron chi connectivity index (χ4n) is 4.22. The van der Waals surface area contributed by atoms with E-state index in [9.17, 15) is 23.3 Å². The molecule has 1 aliphatic rings. The van der Waals surface area contributed by atoms with Crippen LogP contribution in [-0.2, 0) is 27.9 Å². The van der Waals surface area contributed by atoms with Crippen LogP contribution in [-0.4, -0.2) is 43.8 Å². The predicted octanol–water partition coefficient (Wildman–Crippen LogP) is 3.70. The lowest BCUT2D eigenvalue weighted by atomic mass is 10.1. The van der Waals surface area contributed by atoms with Crippen LogP contribution in [0.2, 0.25) is 0 Å². The van der Waals surface area contributed by atoms with Crippen LogP contribution >= 0.6 is 0 Å². The Kier molecular flexibility index (Phi) is 7.97. The van der Waals surface area contributed by atoms with Crippen molar-refractivity contribution in [3.05, 3.63) is 100 Å². The lowest BCUT2D eigenvalue weighted by Gasteiger charge is -2.24. The van der Waals surface area contributed by atoms with Gasteiger partial charge in [-0.1, -0.05) is 48.5 Å². The number of likely N-dealkylation sites (tertiary alicyclic amines) is 1. The zero-order valence-corrected chi connectivity index (χ0v) is 20.6. The van der Waals surface area contributed by atoms with Crippen molar-refractivity contribution in [2.24, 2.45) is 0 Å². The van der Waals surface area contributed by atoms with Gasteiger partial charge in [-0.2, -0.15) is 0 Å². The minimum absolute atomic E-state index is 0.0149. The van der Waals surface area contributed by atoms with Crippen molar-refractivity contribution in [3.63, 3.8) is 0 Å². The number of hydrogen-bond acceptors (Lipinski definition) is 6. The number of hydrogen-bond donors (Lipinski definition) is 1. The molecule has 188 valence electrons. The quantitative estimate of drug-likeness (QED) is 0.330. The third-order valence-electron chi connectivity index (χ3n) is 6.03. The van der Waals surface area contributed by atoms with E-state index in [4.69, 9.17) is 0 Å². The van der Waals surface area contributed by atoms with Gasteiger partial charge >= 0.3 is 0 Å². The van der Waals surface area contributed by atoms with Gasteiger partial charge in [-0.25, -0.2) is 8.42 Å². The van der Waals surface area contributed by atoms with E-state index in [0.29, 0.717) is 0 Å². The number of rotatable bonds is 10. The van der Waals surface area contributed by atoms with Crippen molar-refractivity contribution < 1.29 is 18.1 Å². The second-order valence-electron chi connectivity index (χ2n) is 8.68. The van der Waals surface area contributed by atoms with Gasteiger partial charge in [0.2, 0.25) is 5.91 Å². The molecule has 3 aromatic carbocycles. The Morgan fingerprint density at radius 3 is 2.36 bits per heavy atom. The van der Waals surface area contributed by atoms with Crippen LogP contribution in [0.5, 0.6) is 0 Å². The molecular formula is C26H28N4O5S. The Morgan fingerprint density at radius 1 is 0.944 bits per heavy atom. The van der Waals surface area contributed by atoms with Crippen LogP contribution in [0.25, 0.3) is 0 Å². The van der Waals surface area contributed by atoms with E-state index in [0.717, 1.165) is 41.1 Å². The molecule has 0 aromatic heterocycles. The van der Waals surface area contributed by atoms with Gasteiger partial charge in [-0.15, -0.1) is 0 Å². The number of amides is 1. The zero-order valence-electron chi connectivity index (χ0n) is 19.7. The molecular weight excluding hydrogens is 480 g/mol. The number of anilines is 1. The van der Waals surface area contributed by atoms with E-state index in [1.807, 2.05) is 18.2 Å². The Balaban J connectivity index is 1.51. The standard InChI is InChI=1S/C26H28N4O5S/c31-26(27-18-21-8-6-9-22(16-21)19-28-14-4-5-15-28)20-29(23-10-7-11-24(17-23)30(32)33)36(34,35)25-12-2-1-3-13-25/h1-3,6-13,16-17H,4-5,14-15,18-20H2,(H,27,31). The van der Waals surface area contributed by atoms with Gasteiger partial charge in [0.25, 0.3) is 15.7 Å². The molecule has 9 nitrogen and oxygen atoms in total. The Morgan fingerprint density at radius 2 is 1.64 bits per heavy atom. The van der Waals surface area contributed by atoms with Crippen LogP contribution in [0.1, 0.15) is 24.0 Å². The lowest BCUT2D eigenvalue weighted by Crippen LogP contribution is -2.40. The highest BCUT2D eigenvalue weighted by Gasteiger charge is 2.28. The maximum Gasteiger partial charge on any atom is 0.271 e. The molecule has 1 N–H and O–H groups in total. The minimum atomic E-state index is -4.15. The van der Waals surface area contributed by atoms with Gasteiger partial charge in [0.15, 0.2) is 0 Å². The number of nitrogens with zero attached hydrogens (tertiary/aromatic N) is 3. The van der Waals surface area contributed by atoms with Gasteiger partial charge in [0.1, 0.15) is 6.54 Å². The fraction of sp³-hybridized carbons (Fsp3) is 0.269. The summed E-state index contributed by atoms with van der Waals surface area (Å²) < 4.78 is 27.7. The third-order valence-corrected chi connectivity index (χ3v) is 7.82. The van der Waals surface area contributed by atoms with Crippen LogP contribution in [0.3, 0.4) is 0 Å². The van der Waals surface area contributed by atoms with E-state index in [1.54, 1.807) is 18.2 Å². The molecule has 1 heterocycles. The smallest absolute Gasteiger partial charge is 0.271 e. The molecule has 0 atom stereocenters. The van der Waals surface area contributed by atoms with Crippen LogP contribution < -0.4 is 9.62 Å². The molecule has 0 spiro atoms. The van der Waals surface area contributed by atoms with Gasteiger partial charge < -0.3 is 5.32 Å². The Bertz CT molecular complexity index is 1320. The summed E-state index contributed by atoms with van der Waals surface area (Å²) in [4.78, 5) is 25.9. The van der Waals surface area contributed by atoms with Gasteiger partial charge in [0.05, 0.1) is 15.5 Å². The molecule has 0 saturated carbocycles. The largest absolute Gasteiger partial charge is 0.350 e. The molecule has 0 bridgehead atoms. The first kappa shape index (κ1) is 25.3. The molecule has 36 heavy (non-hydrogen) atoms. The zero-order chi connectivity index (χ0) is 25.5. The van der Waals surface area contributed by atoms with E-state index in [2.05, 4.69) is 16.3 Å². The molecule has 4 rings (SSSR count). The van der Waals surface area contributed by atoms with Crippen LogP contribution in [0, 0.1) is 10.1 Å². The number of nitro groups is 1. The van der Waals surface area contributed by atoms with Crippen molar-refractivity contribution in [1.29, 1.82) is 0 Å². The second-order valence-corrected chi connectivity index (χ2v) is 10.5. The number of nitrogens with one attached hydrogen (secondary N) is 1. The average Bonchev–Trinajstić information content (AvgIpc) is 3.40. The van der Waals surface area contributed by atoms with Crippen LogP contribution in [0.15, 0.2) is 83.8 Å². The summed E-state index contributed by atoms with van der Waals surface area (Å²) in [6.45, 7) is 2.75. The highest BCUT2D eigenvalue weighted by atomic mass is 32.2. The molecule has 1 saturated heterocycles. The summed E-state index contributed by atoms with van der Waals surface area (Å²) >= 11 is 0. The first-order chi connectivity index (χ1) is 17.3. The summed E-state index contributed by atoms with van der Waals surface area (Å²) in [6.07, 6.45) is 2.42. The summed E-state index contributed by atoms with van der Waals surface area (Å²) in [6, 6.07) is 20.9. The van der Waals surface area contributed by atoms with Gasteiger partial charge in [-0.3, -0.25) is 24.1 Å².